The van der Waals surface area contributed by atoms with Crippen LogP contribution in [0.3, 0.4) is 0 Å². The molecule has 284 valence electrons. The monoisotopic (exact) mass is 788 g/mol. The minimum Gasteiger partial charge on any atom is -0.455 e. The number of nitrogens with zero attached hydrogens (tertiary/aromatic N) is 4. The molecule has 0 saturated heterocycles. The number of hydrogen-bond acceptors (Lipinski definition) is 6. The van der Waals surface area contributed by atoms with Crippen molar-refractivity contribution in [2.24, 2.45) is 0 Å². The molecule has 1 aliphatic heterocycles. The maximum Gasteiger partial charge on any atom is 0.164 e. The highest BCUT2D eigenvalue weighted by Gasteiger charge is 2.37. The first-order valence-corrected chi connectivity index (χ1v) is 21.1. The molecule has 5 nitrogen and oxygen atoms in total. The first-order chi connectivity index (χ1) is 29.5. The molecule has 0 amide bonds. The Hall–Kier alpha value is -7.41. The van der Waals surface area contributed by atoms with Gasteiger partial charge in [0.25, 0.3) is 0 Å². The summed E-state index contributed by atoms with van der Waals surface area (Å²) in [5, 5.41) is 4.58. The van der Waals surface area contributed by atoms with Gasteiger partial charge in [-0.3, -0.25) is 0 Å². The topological polar surface area (TPSA) is 55.1 Å². The number of aromatic nitrogens is 3. The summed E-state index contributed by atoms with van der Waals surface area (Å²) in [6.45, 7) is 4.69. The first kappa shape index (κ1) is 34.6. The Morgan fingerprint density at radius 3 is 1.92 bits per heavy atom. The highest BCUT2D eigenvalue weighted by Crippen LogP contribution is 2.54. The lowest BCUT2D eigenvalue weighted by molar-refractivity contribution is 0.632. The Morgan fingerprint density at radius 1 is 0.467 bits per heavy atom. The molecule has 0 aliphatic carbocycles. The van der Waals surface area contributed by atoms with Gasteiger partial charge in [-0.2, -0.15) is 0 Å². The van der Waals surface area contributed by atoms with E-state index in [4.69, 9.17) is 19.4 Å². The molecule has 0 unspecified atom stereocenters. The van der Waals surface area contributed by atoms with E-state index in [1.807, 2.05) is 48.5 Å². The van der Waals surface area contributed by atoms with E-state index in [0.29, 0.717) is 17.5 Å². The SMILES string of the molecule is CC1(C)c2ccccc2N(c2ccc3sc4cccc(-c5nc(-c6ccccc6)nc(-c6ccccc6)n5)c4c3c2)c2ccc(-c3cccc4c3oc3ccccc34)cc21. The van der Waals surface area contributed by atoms with E-state index >= 15 is 0 Å². The van der Waals surface area contributed by atoms with Crippen LogP contribution in [0.2, 0.25) is 0 Å². The van der Waals surface area contributed by atoms with Gasteiger partial charge >= 0.3 is 0 Å². The lowest BCUT2D eigenvalue weighted by Crippen LogP contribution is -2.30. The fourth-order valence-electron chi connectivity index (χ4n) is 9.19. The standard InChI is InChI=1S/C54H36N4OS/c1-54(2)42-23-10-11-24-44(42)58(45-29-27-35(31-43(45)54)37-20-13-21-39-38-19-9-12-25-46(38)59-50(37)39)36-28-30-47-41(32-36)49-40(22-14-26-48(49)60-47)53-56-51(33-15-5-3-6-16-33)55-52(57-53)34-17-7-4-8-18-34/h3-32H,1-2H3. The summed E-state index contributed by atoms with van der Waals surface area (Å²) in [7, 11) is 0. The number of benzene rings is 8. The number of para-hydroxylation sites is 3. The van der Waals surface area contributed by atoms with Crippen LogP contribution in [0.5, 0.6) is 0 Å². The van der Waals surface area contributed by atoms with Crippen LogP contribution in [0, 0.1) is 0 Å². The number of fused-ring (bicyclic) bond motifs is 8. The smallest absolute Gasteiger partial charge is 0.164 e. The molecule has 11 aromatic rings. The molecule has 0 saturated carbocycles. The first-order valence-electron chi connectivity index (χ1n) is 20.3. The Labute approximate surface area is 350 Å². The molecule has 12 rings (SSSR count). The van der Waals surface area contributed by atoms with E-state index in [1.54, 1.807) is 11.3 Å². The Kier molecular flexibility index (Phi) is 7.68. The van der Waals surface area contributed by atoms with Crippen molar-refractivity contribution in [2.75, 3.05) is 4.90 Å². The minimum atomic E-state index is -0.266. The summed E-state index contributed by atoms with van der Waals surface area (Å²) in [6.07, 6.45) is 0. The van der Waals surface area contributed by atoms with Crippen LogP contribution in [-0.4, -0.2) is 15.0 Å². The van der Waals surface area contributed by atoms with Gasteiger partial charge in [0.2, 0.25) is 0 Å². The third-order valence-electron chi connectivity index (χ3n) is 12.1. The van der Waals surface area contributed by atoms with E-state index < -0.39 is 0 Å². The van der Waals surface area contributed by atoms with Gasteiger partial charge in [0.05, 0.1) is 11.4 Å². The van der Waals surface area contributed by atoms with Gasteiger partial charge in [0.1, 0.15) is 11.2 Å². The van der Waals surface area contributed by atoms with Crippen LogP contribution in [0.4, 0.5) is 17.1 Å². The predicted molar refractivity (Wildman–Crippen MR) is 249 cm³/mol. The number of thiophene rings is 1. The molecule has 0 fully saturated rings. The Bertz CT molecular complexity index is 3420. The summed E-state index contributed by atoms with van der Waals surface area (Å²) in [6, 6.07) is 64.3. The van der Waals surface area contributed by atoms with Gasteiger partial charge in [-0.25, -0.2) is 15.0 Å². The van der Waals surface area contributed by atoms with Gasteiger partial charge in [-0.05, 0) is 65.2 Å². The van der Waals surface area contributed by atoms with Gasteiger partial charge in [-0.15, -0.1) is 11.3 Å². The van der Waals surface area contributed by atoms with E-state index in [0.717, 1.165) is 66.5 Å². The molecule has 0 spiro atoms. The van der Waals surface area contributed by atoms with E-state index in [2.05, 4.69) is 152 Å². The highest BCUT2D eigenvalue weighted by atomic mass is 32.1. The van der Waals surface area contributed by atoms with Crippen molar-refractivity contribution in [1.29, 1.82) is 0 Å². The molecule has 0 atom stereocenters. The van der Waals surface area contributed by atoms with Crippen molar-refractivity contribution in [3.8, 4) is 45.3 Å². The lowest BCUT2D eigenvalue weighted by Gasteiger charge is -2.42. The van der Waals surface area contributed by atoms with E-state index in [-0.39, 0.29) is 5.41 Å². The number of rotatable bonds is 5. The predicted octanol–water partition coefficient (Wildman–Crippen LogP) is 14.9. The molecule has 1 aliphatic rings. The van der Waals surface area contributed by atoms with Crippen LogP contribution < -0.4 is 4.90 Å². The zero-order valence-electron chi connectivity index (χ0n) is 32.9. The molecule has 60 heavy (non-hydrogen) atoms. The summed E-state index contributed by atoms with van der Waals surface area (Å²) < 4.78 is 8.92. The maximum atomic E-state index is 6.53. The van der Waals surface area contributed by atoms with Crippen LogP contribution in [0.1, 0.15) is 25.0 Å². The second-order valence-electron chi connectivity index (χ2n) is 16.0. The van der Waals surface area contributed by atoms with Crippen molar-refractivity contribution in [3.63, 3.8) is 0 Å². The quantitative estimate of drug-likeness (QED) is 0.174. The summed E-state index contributed by atoms with van der Waals surface area (Å²) in [4.78, 5) is 17.7. The summed E-state index contributed by atoms with van der Waals surface area (Å²) >= 11 is 1.80. The fraction of sp³-hybridized carbons (Fsp3) is 0.0556. The number of hydrogen-bond donors (Lipinski definition) is 0. The Morgan fingerprint density at radius 2 is 1.12 bits per heavy atom. The molecular weight excluding hydrogens is 753 g/mol. The summed E-state index contributed by atoms with van der Waals surface area (Å²) in [5.74, 6) is 1.95. The van der Waals surface area contributed by atoms with Crippen molar-refractivity contribution in [1.82, 2.24) is 15.0 Å². The molecule has 6 heteroatoms. The zero-order chi connectivity index (χ0) is 40.0. The molecular formula is C54H36N4OS. The molecule has 0 bridgehead atoms. The molecule has 0 N–H and O–H groups in total. The Balaban J connectivity index is 1.05. The third-order valence-corrected chi connectivity index (χ3v) is 13.3. The van der Waals surface area contributed by atoms with Crippen LogP contribution in [0.15, 0.2) is 186 Å². The second kappa shape index (κ2) is 13.3. The molecule has 0 radical (unpaired) electrons. The second-order valence-corrected chi connectivity index (χ2v) is 17.1. The van der Waals surface area contributed by atoms with Crippen LogP contribution >= 0.6 is 11.3 Å². The van der Waals surface area contributed by atoms with Crippen LogP contribution in [0.25, 0.3) is 87.4 Å². The van der Waals surface area contributed by atoms with Crippen molar-refractivity contribution >= 4 is 70.5 Å². The zero-order valence-corrected chi connectivity index (χ0v) is 33.7. The normalized spacial score (nSPS) is 13.3. The largest absolute Gasteiger partial charge is 0.455 e. The summed E-state index contributed by atoms with van der Waals surface area (Å²) in [5.41, 5.74) is 12.6. The third kappa shape index (κ3) is 5.34. The number of furan rings is 1. The fourth-order valence-corrected chi connectivity index (χ4v) is 10.3. The van der Waals surface area contributed by atoms with Crippen molar-refractivity contribution < 1.29 is 4.42 Å². The molecule has 3 aromatic heterocycles. The average Bonchev–Trinajstić information content (AvgIpc) is 3.88. The van der Waals surface area contributed by atoms with Gasteiger partial charge < -0.3 is 9.32 Å². The highest BCUT2D eigenvalue weighted by molar-refractivity contribution is 7.26. The minimum absolute atomic E-state index is 0.266. The van der Waals surface area contributed by atoms with Crippen LogP contribution in [-0.2, 0) is 5.41 Å². The molecule has 4 heterocycles. The number of anilines is 3. The molecule has 8 aromatic carbocycles. The van der Waals surface area contributed by atoms with Gasteiger partial charge in [0.15, 0.2) is 17.5 Å². The van der Waals surface area contributed by atoms with Crippen molar-refractivity contribution in [2.45, 2.75) is 19.3 Å². The lowest BCUT2D eigenvalue weighted by atomic mass is 9.73. The van der Waals surface area contributed by atoms with Gasteiger partial charge in [0, 0.05) is 64.3 Å². The van der Waals surface area contributed by atoms with E-state index in [9.17, 15) is 0 Å². The average molecular weight is 789 g/mol. The van der Waals surface area contributed by atoms with E-state index in [1.165, 1.54) is 31.6 Å². The van der Waals surface area contributed by atoms with Gasteiger partial charge in [-0.1, -0.05) is 147 Å². The van der Waals surface area contributed by atoms with Crippen molar-refractivity contribution in [3.05, 3.63) is 193 Å². The maximum absolute atomic E-state index is 6.53.